The molecule has 14 heavy (non-hydrogen) atoms. The summed E-state index contributed by atoms with van der Waals surface area (Å²) in [5, 5.41) is 10.7. The summed E-state index contributed by atoms with van der Waals surface area (Å²) in [6, 6.07) is 9.54. The largest absolute Gasteiger partial charge is 0.295 e. The van der Waals surface area contributed by atoms with Crippen LogP contribution in [-0.4, -0.2) is 4.98 Å². The molecule has 1 radical (unpaired) electrons. The molecule has 0 aliphatic carbocycles. The van der Waals surface area contributed by atoms with Gasteiger partial charge in [0.25, 0.3) is 0 Å². The number of rotatable bonds is 0. The summed E-state index contributed by atoms with van der Waals surface area (Å²) in [5.41, 5.74) is 1.39. The maximum atomic E-state index is 8.84. The van der Waals surface area contributed by atoms with Gasteiger partial charge in [0.15, 0.2) is 0 Å². The molecule has 0 bridgehead atoms. The Morgan fingerprint density at radius 1 is 1.21 bits per heavy atom. The van der Waals surface area contributed by atoms with Gasteiger partial charge < -0.3 is 0 Å². The summed E-state index contributed by atoms with van der Waals surface area (Å²) in [6.45, 7) is 3.80. The average Bonchev–Trinajstić information content (AvgIpc) is 2.18. The molecule has 2 aromatic rings. The van der Waals surface area contributed by atoms with E-state index in [4.69, 9.17) is 5.26 Å². The standard InChI is InChI=1S/C11H7N2.Y/c1-8-10-4-2-3-9(7-12)11(10)5-6-13-8;/h2-6H,1H2;/q-1;. The van der Waals surface area contributed by atoms with Crippen LogP contribution in [0.2, 0.25) is 0 Å². The quantitative estimate of drug-likeness (QED) is 0.678. The molecule has 0 N–H and O–H groups in total. The van der Waals surface area contributed by atoms with Gasteiger partial charge in [-0.25, -0.2) is 6.92 Å². The van der Waals surface area contributed by atoms with Crippen molar-refractivity contribution in [3.05, 3.63) is 48.6 Å². The third-order valence-corrected chi connectivity index (χ3v) is 2.01. The molecule has 0 unspecified atom stereocenters. The number of nitrogens with zero attached hydrogens (tertiary/aromatic N) is 2. The molecule has 3 heteroatoms. The van der Waals surface area contributed by atoms with Gasteiger partial charge in [-0.2, -0.15) is 5.26 Å². The van der Waals surface area contributed by atoms with Crippen LogP contribution in [0.25, 0.3) is 10.8 Å². The van der Waals surface area contributed by atoms with Crippen LogP contribution in [0.4, 0.5) is 0 Å². The first-order chi connectivity index (χ1) is 6.33. The fourth-order valence-electron chi connectivity index (χ4n) is 1.37. The smallest absolute Gasteiger partial charge is 0.0981 e. The number of pyridine rings is 1. The molecular formula is C11H7N2Y-. The van der Waals surface area contributed by atoms with Crippen molar-refractivity contribution in [1.82, 2.24) is 4.98 Å². The van der Waals surface area contributed by atoms with Crippen LogP contribution in [-0.2, 0) is 32.7 Å². The van der Waals surface area contributed by atoms with Gasteiger partial charge in [-0.1, -0.05) is 23.2 Å². The fourth-order valence-corrected chi connectivity index (χ4v) is 1.37. The predicted molar refractivity (Wildman–Crippen MR) is 50.9 cm³/mol. The fraction of sp³-hybridized carbons (Fsp3) is 0. The van der Waals surface area contributed by atoms with E-state index in [2.05, 4.69) is 18.0 Å². The molecule has 0 atom stereocenters. The van der Waals surface area contributed by atoms with E-state index in [0.717, 1.165) is 16.5 Å². The number of fused-ring (bicyclic) bond motifs is 1. The van der Waals surface area contributed by atoms with Crippen molar-refractivity contribution in [2.45, 2.75) is 0 Å². The van der Waals surface area contributed by atoms with Crippen molar-refractivity contribution in [2.24, 2.45) is 0 Å². The molecule has 1 heterocycles. The molecule has 2 nitrogen and oxygen atoms in total. The predicted octanol–water partition coefficient (Wildman–Crippen LogP) is 2.29. The van der Waals surface area contributed by atoms with Gasteiger partial charge in [0.05, 0.1) is 6.07 Å². The minimum Gasteiger partial charge on any atom is -0.295 e. The van der Waals surface area contributed by atoms with Crippen molar-refractivity contribution in [3.8, 4) is 6.07 Å². The van der Waals surface area contributed by atoms with Gasteiger partial charge in [0.1, 0.15) is 0 Å². The molecule has 0 aliphatic heterocycles. The van der Waals surface area contributed by atoms with Crippen LogP contribution in [0, 0.1) is 18.3 Å². The van der Waals surface area contributed by atoms with E-state index >= 15 is 0 Å². The number of hydrogen-bond acceptors (Lipinski definition) is 2. The van der Waals surface area contributed by atoms with Crippen LogP contribution in [0.5, 0.6) is 0 Å². The third kappa shape index (κ3) is 1.80. The van der Waals surface area contributed by atoms with Gasteiger partial charge in [-0.15, -0.1) is 11.5 Å². The molecule has 0 saturated carbocycles. The number of hydrogen-bond donors (Lipinski definition) is 0. The van der Waals surface area contributed by atoms with E-state index in [9.17, 15) is 0 Å². The van der Waals surface area contributed by atoms with Gasteiger partial charge in [0, 0.05) is 44.5 Å². The minimum absolute atomic E-state index is 0. The molecule has 2 rings (SSSR count). The SMILES string of the molecule is [CH2-]c1nccc2c(C#N)cccc12.[Y]. The first kappa shape index (κ1) is 11.2. The summed E-state index contributed by atoms with van der Waals surface area (Å²) in [6.07, 6.45) is 1.67. The number of nitriles is 1. The van der Waals surface area contributed by atoms with Crippen LogP contribution in [0.15, 0.2) is 30.5 Å². The van der Waals surface area contributed by atoms with Gasteiger partial charge in [-0.3, -0.25) is 4.98 Å². The van der Waals surface area contributed by atoms with Crippen LogP contribution < -0.4 is 0 Å². The van der Waals surface area contributed by atoms with Gasteiger partial charge >= 0.3 is 0 Å². The Morgan fingerprint density at radius 2 is 2.00 bits per heavy atom. The summed E-state index contributed by atoms with van der Waals surface area (Å²) in [7, 11) is 0. The minimum atomic E-state index is 0. The normalized spacial score (nSPS) is 9.07. The number of aromatic nitrogens is 1. The Morgan fingerprint density at radius 3 is 2.71 bits per heavy atom. The van der Waals surface area contributed by atoms with E-state index < -0.39 is 0 Å². The van der Waals surface area contributed by atoms with Crippen LogP contribution >= 0.6 is 0 Å². The van der Waals surface area contributed by atoms with Gasteiger partial charge in [0.2, 0.25) is 0 Å². The maximum absolute atomic E-state index is 8.84. The van der Waals surface area contributed by atoms with Gasteiger partial charge in [-0.05, 0) is 6.07 Å². The average molecular weight is 256 g/mol. The second-order valence-corrected chi connectivity index (χ2v) is 2.77. The van der Waals surface area contributed by atoms with E-state index in [1.54, 1.807) is 12.3 Å². The number of benzene rings is 1. The Labute approximate surface area is 108 Å². The van der Waals surface area contributed by atoms with Crippen molar-refractivity contribution >= 4 is 10.8 Å². The Balaban J connectivity index is 0.000000980. The second kappa shape index (κ2) is 4.55. The summed E-state index contributed by atoms with van der Waals surface area (Å²) in [4.78, 5) is 4.06. The van der Waals surface area contributed by atoms with E-state index in [-0.39, 0.29) is 32.7 Å². The molecule has 1 aromatic carbocycles. The van der Waals surface area contributed by atoms with Crippen LogP contribution in [0.1, 0.15) is 11.3 Å². The molecule has 0 spiro atoms. The molecule has 1 aromatic heterocycles. The topological polar surface area (TPSA) is 36.7 Å². The van der Waals surface area contributed by atoms with E-state index in [1.165, 1.54) is 0 Å². The molecule has 0 fully saturated rings. The molecule has 65 valence electrons. The molecular weight excluding hydrogens is 249 g/mol. The van der Waals surface area contributed by atoms with Crippen molar-refractivity contribution < 1.29 is 32.7 Å². The molecule has 0 saturated heterocycles. The maximum Gasteiger partial charge on any atom is 0.0981 e. The van der Waals surface area contributed by atoms with Crippen molar-refractivity contribution in [3.63, 3.8) is 0 Å². The zero-order valence-electron chi connectivity index (χ0n) is 7.57. The molecule has 0 amide bonds. The van der Waals surface area contributed by atoms with Crippen molar-refractivity contribution in [1.29, 1.82) is 5.26 Å². The van der Waals surface area contributed by atoms with E-state index in [0.29, 0.717) is 5.56 Å². The van der Waals surface area contributed by atoms with Crippen LogP contribution in [0.3, 0.4) is 0 Å². The summed E-state index contributed by atoms with van der Waals surface area (Å²) in [5.74, 6) is 0. The summed E-state index contributed by atoms with van der Waals surface area (Å²) < 4.78 is 0. The van der Waals surface area contributed by atoms with Crippen molar-refractivity contribution in [2.75, 3.05) is 0 Å². The third-order valence-electron chi connectivity index (χ3n) is 2.01. The van der Waals surface area contributed by atoms with E-state index in [1.807, 2.05) is 18.2 Å². The molecule has 0 aliphatic rings. The Hall–Kier alpha value is -0.906. The first-order valence-electron chi connectivity index (χ1n) is 3.92. The first-order valence-corrected chi connectivity index (χ1v) is 3.92. The monoisotopic (exact) mass is 256 g/mol. The Bertz CT molecular complexity index is 500. The summed E-state index contributed by atoms with van der Waals surface area (Å²) >= 11 is 0. The zero-order valence-corrected chi connectivity index (χ0v) is 10.4. The Kier molecular flexibility index (Phi) is 3.63. The zero-order chi connectivity index (χ0) is 9.26. The second-order valence-electron chi connectivity index (χ2n) is 2.77.